The largest absolute Gasteiger partial charge is 0.497 e. The second-order valence-corrected chi connectivity index (χ2v) is 11.0. The van der Waals surface area contributed by atoms with E-state index in [1.807, 2.05) is 12.1 Å². The smallest absolute Gasteiger partial charge is 0.395 e. The van der Waals surface area contributed by atoms with E-state index < -0.39 is 35.3 Å². The second-order valence-electron chi connectivity index (χ2n) is 11.0. The van der Waals surface area contributed by atoms with Gasteiger partial charge in [0, 0.05) is 24.2 Å². The lowest BCUT2D eigenvalue weighted by Gasteiger charge is -2.54. The maximum atomic E-state index is 14.9. The fourth-order valence-electron chi connectivity index (χ4n) is 7.59. The number of halogens is 3. The minimum atomic E-state index is -4.30. The molecule has 1 spiro atoms. The second kappa shape index (κ2) is 7.63. The normalized spacial score (nSPS) is 41.3. The van der Waals surface area contributed by atoms with Crippen molar-refractivity contribution >= 4 is 0 Å². The zero-order valence-electron chi connectivity index (χ0n) is 19.5. The number of fused-ring (bicyclic) bond motifs is 5. The molecule has 1 saturated heterocycles. The van der Waals surface area contributed by atoms with Crippen LogP contribution < -0.4 is 4.74 Å². The molecule has 0 N–H and O–H groups in total. The number of ether oxygens (including phenoxy) is 3. The third-order valence-corrected chi connectivity index (χ3v) is 9.09. The van der Waals surface area contributed by atoms with Crippen LogP contribution in [-0.2, 0) is 15.9 Å². The molecule has 0 bridgehead atoms. The zero-order valence-corrected chi connectivity index (χ0v) is 19.5. The van der Waals surface area contributed by atoms with Gasteiger partial charge in [0.1, 0.15) is 5.75 Å². The Morgan fingerprint density at radius 2 is 1.97 bits per heavy atom. The van der Waals surface area contributed by atoms with Crippen LogP contribution in [0.3, 0.4) is 0 Å². The SMILES string of the molecule is COc1ccc2c(c1)CC[C@]1(C(F)(F)F)[C@@H]2C[C@@H]2O[C@@]3(C[C@H](C)CC[C@H]3C(C)C)OC[C@@H]21. The number of aryl methyl sites for hydroxylation is 1. The Labute approximate surface area is 189 Å². The molecule has 4 aliphatic rings. The molecule has 7 atom stereocenters. The molecular formula is C26H35F3O3. The highest BCUT2D eigenvalue weighted by Crippen LogP contribution is 2.68. The van der Waals surface area contributed by atoms with Crippen molar-refractivity contribution in [1.82, 2.24) is 0 Å². The first kappa shape index (κ1) is 22.5. The van der Waals surface area contributed by atoms with Crippen LogP contribution in [0.15, 0.2) is 18.2 Å². The molecule has 32 heavy (non-hydrogen) atoms. The van der Waals surface area contributed by atoms with Gasteiger partial charge in [-0.15, -0.1) is 0 Å². The summed E-state index contributed by atoms with van der Waals surface area (Å²) in [6, 6.07) is 5.56. The van der Waals surface area contributed by atoms with Gasteiger partial charge in [-0.25, -0.2) is 0 Å². The van der Waals surface area contributed by atoms with E-state index in [0.29, 0.717) is 30.4 Å². The van der Waals surface area contributed by atoms with E-state index in [1.54, 1.807) is 13.2 Å². The van der Waals surface area contributed by atoms with E-state index in [4.69, 9.17) is 14.2 Å². The summed E-state index contributed by atoms with van der Waals surface area (Å²) in [6.07, 6.45) is -0.917. The monoisotopic (exact) mass is 452 g/mol. The van der Waals surface area contributed by atoms with E-state index in [1.165, 1.54) is 0 Å². The van der Waals surface area contributed by atoms with Gasteiger partial charge in [0.2, 0.25) is 0 Å². The van der Waals surface area contributed by atoms with E-state index in [0.717, 1.165) is 30.4 Å². The van der Waals surface area contributed by atoms with Crippen LogP contribution in [0.2, 0.25) is 0 Å². The van der Waals surface area contributed by atoms with E-state index >= 15 is 0 Å². The summed E-state index contributed by atoms with van der Waals surface area (Å²) in [5.41, 5.74) is 0.0165. The number of alkyl halides is 3. The van der Waals surface area contributed by atoms with Crippen molar-refractivity contribution in [3.63, 3.8) is 0 Å². The topological polar surface area (TPSA) is 27.7 Å². The van der Waals surface area contributed by atoms with Crippen molar-refractivity contribution in [2.24, 2.45) is 29.1 Å². The van der Waals surface area contributed by atoms with Crippen LogP contribution in [0.5, 0.6) is 5.75 Å². The number of hydrogen-bond donors (Lipinski definition) is 0. The summed E-state index contributed by atoms with van der Waals surface area (Å²) >= 11 is 0. The summed E-state index contributed by atoms with van der Waals surface area (Å²) in [5.74, 6) is -0.241. The van der Waals surface area contributed by atoms with E-state index in [2.05, 4.69) is 20.8 Å². The van der Waals surface area contributed by atoms with Gasteiger partial charge in [0.05, 0.1) is 25.2 Å². The summed E-state index contributed by atoms with van der Waals surface area (Å²) in [7, 11) is 1.59. The molecule has 1 aromatic carbocycles. The number of benzene rings is 1. The number of rotatable bonds is 2. The van der Waals surface area contributed by atoms with Crippen LogP contribution in [0, 0.1) is 29.1 Å². The van der Waals surface area contributed by atoms with Crippen LogP contribution in [0.1, 0.15) is 69.9 Å². The standard InChI is InChI=1S/C26H35F3O3/c1-15(2)20-8-5-16(3)13-25(20)31-14-22-23(32-25)12-21-19-7-6-18(30-4)11-17(19)9-10-24(21,22)26(27,28)29/h6-7,11,15-16,20-23H,5,8-10,12-14H2,1-4H3/t16-,20+,21-,22+,23+,24+,25-/m1/s1. The molecule has 1 aromatic rings. The Morgan fingerprint density at radius 3 is 2.66 bits per heavy atom. The average Bonchev–Trinajstić information content (AvgIpc) is 3.07. The highest BCUT2D eigenvalue weighted by molar-refractivity contribution is 5.43. The van der Waals surface area contributed by atoms with Gasteiger partial charge >= 0.3 is 6.18 Å². The minimum Gasteiger partial charge on any atom is -0.497 e. The molecule has 6 heteroatoms. The molecule has 3 fully saturated rings. The molecule has 2 saturated carbocycles. The minimum absolute atomic E-state index is 0.0895. The molecule has 1 heterocycles. The predicted octanol–water partition coefficient (Wildman–Crippen LogP) is 6.50. The molecule has 0 radical (unpaired) electrons. The lowest BCUT2D eigenvalue weighted by Crippen LogP contribution is -2.59. The summed E-state index contributed by atoms with van der Waals surface area (Å²) in [6.45, 7) is 6.70. The third kappa shape index (κ3) is 3.15. The van der Waals surface area contributed by atoms with Gasteiger partial charge in [-0.3, -0.25) is 0 Å². The van der Waals surface area contributed by atoms with Crippen molar-refractivity contribution in [2.45, 2.75) is 83.3 Å². The first-order chi connectivity index (χ1) is 15.1. The molecule has 0 unspecified atom stereocenters. The number of hydrogen-bond acceptors (Lipinski definition) is 3. The Bertz CT molecular complexity index is 868. The van der Waals surface area contributed by atoms with Gasteiger partial charge in [0.25, 0.3) is 0 Å². The van der Waals surface area contributed by atoms with Crippen LogP contribution >= 0.6 is 0 Å². The van der Waals surface area contributed by atoms with Crippen molar-refractivity contribution < 1.29 is 27.4 Å². The fourth-order valence-corrected chi connectivity index (χ4v) is 7.59. The molecule has 1 aliphatic heterocycles. The Hall–Kier alpha value is -1.27. The average molecular weight is 453 g/mol. The molecule has 3 aliphatic carbocycles. The Balaban J connectivity index is 1.53. The maximum Gasteiger partial charge on any atom is 0.395 e. The summed E-state index contributed by atoms with van der Waals surface area (Å²) in [5, 5.41) is 0. The van der Waals surface area contributed by atoms with Crippen molar-refractivity contribution in [2.75, 3.05) is 13.7 Å². The molecule has 3 nitrogen and oxygen atoms in total. The van der Waals surface area contributed by atoms with Gasteiger partial charge in [-0.1, -0.05) is 33.3 Å². The van der Waals surface area contributed by atoms with Crippen LogP contribution in [-0.4, -0.2) is 31.8 Å². The Kier molecular flexibility index (Phi) is 5.37. The van der Waals surface area contributed by atoms with Gasteiger partial charge < -0.3 is 14.2 Å². The predicted molar refractivity (Wildman–Crippen MR) is 116 cm³/mol. The van der Waals surface area contributed by atoms with Crippen LogP contribution in [0.4, 0.5) is 13.2 Å². The van der Waals surface area contributed by atoms with E-state index in [9.17, 15) is 13.2 Å². The summed E-state index contributed by atoms with van der Waals surface area (Å²) < 4.78 is 63.0. The van der Waals surface area contributed by atoms with Gasteiger partial charge in [-0.2, -0.15) is 13.2 Å². The molecule has 0 aromatic heterocycles. The molecule has 178 valence electrons. The molecular weight excluding hydrogens is 417 g/mol. The third-order valence-electron chi connectivity index (χ3n) is 9.09. The number of methoxy groups -OCH3 is 1. The summed E-state index contributed by atoms with van der Waals surface area (Å²) in [4.78, 5) is 0. The van der Waals surface area contributed by atoms with Crippen molar-refractivity contribution in [3.05, 3.63) is 29.3 Å². The maximum absolute atomic E-state index is 14.9. The lowest BCUT2D eigenvalue weighted by atomic mass is 9.61. The highest BCUT2D eigenvalue weighted by atomic mass is 19.4. The lowest BCUT2D eigenvalue weighted by molar-refractivity contribution is -0.367. The quantitative estimate of drug-likeness (QED) is 0.513. The first-order valence-electron chi connectivity index (χ1n) is 12.2. The fraction of sp³-hybridized carbons (Fsp3) is 0.769. The van der Waals surface area contributed by atoms with Gasteiger partial charge in [0.15, 0.2) is 5.79 Å². The zero-order chi connectivity index (χ0) is 22.9. The Morgan fingerprint density at radius 1 is 1.19 bits per heavy atom. The molecule has 0 amide bonds. The molecule has 5 rings (SSSR count). The van der Waals surface area contributed by atoms with Crippen molar-refractivity contribution in [1.29, 1.82) is 0 Å². The first-order valence-corrected chi connectivity index (χ1v) is 12.2. The highest BCUT2D eigenvalue weighted by Gasteiger charge is 2.72. The van der Waals surface area contributed by atoms with Crippen molar-refractivity contribution in [3.8, 4) is 5.75 Å². The van der Waals surface area contributed by atoms with Crippen LogP contribution in [0.25, 0.3) is 0 Å². The van der Waals surface area contributed by atoms with E-state index in [-0.39, 0.29) is 18.9 Å². The van der Waals surface area contributed by atoms with Gasteiger partial charge in [-0.05, 0) is 60.8 Å².